The van der Waals surface area contributed by atoms with Crippen LogP contribution < -0.4 is 10.2 Å². The number of piperidine rings is 1. The van der Waals surface area contributed by atoms with E-state index in [-0.39, 0.29) is 6.04 Å². The molecule has 2 fully saturated rings. The Hall–Kier alpha value is -1.07. The van der Waals surface area contributed by atoms with Gasteiger partial charge in [0.1, 0.15) is 0 Å². The maximum absolute atomic E-state index is 11.5. The van der Waals surface area contributed by atoms with Crippen molar-refractivity contribution in [2.45, 2.75) is 38.3 Å². The number of aryl methyl sites for hydroxylation is 1. The predicted molar refractivity (Wildman–Crippen MR) is 86.6 cm³/mol. The van der Waals surface area contributed by atoms with Crippen molar-refractivity contribution in [3.8, 4) is 0 Å². The van der Waals surface area contributed by atoms with Crippen LogP contribution in [-0.2, 0) is 9.84 Å². The molecule has 2 aliphatic rings. The normalized spacial score (nSPS) is 26.1. The maximum Gasteiger partial charge on any atom is 0.151 e. The third-order valence-corrected chi connectivity index (χ3v) is 6.37. The number of rotatable bonds is 3. The molecule has 0 bridgehead atoms. The molecule has 3 rings (SSSR count). The van der Waals surface area contributed by atoms with Crippen LogP contribution in [0.3, 0.4) is 0 Å². The maximum atomic E-state index is 11.5. The molecular weight excluding hydrogens is 284 g/mol. The molecule has 2 heterocycles. The molecule has 1 N–H and O–H groups in total. The van der Waals surface area contributed by atoms with Gasteiger partial charge in [-0.1, -0.05) is 17.7 Å². The summed E-state index contributed by atoms with van der Waals surface area (Å²) in [5, 5.41) is 3.55. The van der Waals surface area contributed by atoms with E-state index in [1.807, 2.05) is 0 Å². The number of anilines is 1. The first-order valence-electron chi connectivity index (χ1n) is 7.80. The third kappa shape index (κ3) is 3.77. The molecule has 5 heteroatoms. The second-order valence-corrected chi connectivity index (χ2v) is 8.59. The summed E-state index contributed by atoms with van der Waals surface area (Å²) >= 11 is 0. The van der Waals surface area contributed by atoms with Crippen molar-refractivity contribution >= 4 is 15.5 Å². The number of nitrogens with one attached hydrogen (secondary N) is 1. The molecule has 0 spiro atoms. The summed E-state index contributed by atoms with van der Waals surface area (Å²) in [4.78, 5) is 2.42. The summed E-state index contributed by atoms with van der Waals surface area (Å²) in [6.45, 7) is 4.19. The summed E-state index contributed by atoms with van der Waals surface area (Å²) in [7, 11) is -2.78. The average Bonchev–Trinajstić information content (AvgIpc) is 2.80. The van der Waals surface area contributed by atoms with Crippen molar-refractivity contribution in [2.75, 3.05) is 29.5 Å². The van der Waals surface area contributed by atoms with E-state index in [0.717, 1.165) is 32.4 Å². The lowest BCUT2D eigenvalue weighted by atomic mass is 10.0. The van der Waals surface area contributed by atoms with Crippen LogP contribution >= 0.6 is 0 Å². The van der Waals surface area contributed by atoms with E-state index in [9.17, 15) is 8.42 Å². The molecular formula is C16H24N2O2S. The van der Waals surface area contributed by atoms with Crippen molar-refractivity contribution < 1.29 is 8.42 Å². The quantitative estimate of drug-likeness (QED) is 0.924. The molecule has 116 valence electrons. The average molecular weight is 308 g/mol. The summed E-state index contributed by atoms with van der Waals surface area (Å²) in [6, 6.07) is 9.32. The highest BCUT2D eigenvalue weighted by Gasteiger charge is 2.30. The lowest BCUT2D eigenvalue weighted by Gasteiger charge is -2.35. The summed E-state index contributed by atoms with van der Waals surface area (Å²) in [5.41, 5.74) is 2.58. The van der Waals surface area contributed by atoms with E-state index in [1.54, 1.807) is 0 Å². The van der Waals surface area contributed by atoms with Crippen molar-refractivity contribution in [1.29, 1.82) is 0 Å². The van der Waals surface area contributed by atoms with Gasteiger partial charge in [-0.05, 0) is 38.3 Å². The zero-order chi connectivity index (χ0) is 14.9. The zero-order valence-electron chi connectivity index (χ0n) is 12.6. The van der Waals surface area contributed by atoms with E-state index < -0.39 is 9.84 Å². The number of nitrogens with zero attached hydrogens (tertiary/aromatic N) is 1. The molecule has 1 aromatic carbocycles. The van der Waals surface area contributed by atoms with E-state index in [0.29, 0.717) is 17.5 Å². The lowest BCUT2D eigenvalue weighted by molar-refractivity contribution is 0.379. The molecule has 0 amide bonds. The topological polar surface area (TPSA) is 49.4 Å². The minimum atomic E-state index is -2.78. The van der Waals surface area contributed by atoms with Crippen molar-refractivity contribution in [3.05, 3.63) is 29.8 Å². The molecule has 0 saturated carbocycles. The predicted octanol–water partition coefficient (Wildman–Crippen LogP) is 1.74. The van der Waals surface area contributed by atoms with E-state index >= 15 is 0 Å². The minimum absolute atomic E-state index is 0.172. The first-order chi connectivity index (χ1) is 10.0. The standard InChI is InChI=1S/C16H24N2O2S/c1-13-2-4-16(5-3-13)18-9-6-14(7-10-18)17-15-8-11-21(19,20)12-15/h2-5,14-15,17H,6-12H2,1H3. The Morgan fingerprint density at radius 3 is 2.29 bits per heavy atom. The van der Waals surface area contributed by atoms with Gasteiger partial charge in [-0.15, -0.1) is 0 Å². The van der Waals surface area contributed by atoms with Crippen LogP contribution in [0.4, 0.5) is 5.69 Å². The largest absolute Gasteiger partial charge is 0.371 e. The fourth-order valence-electron chi connectivity index (χ4n) is 3.32. The van der Waals surface area contributed by atoms with Crippen LogP contribution in [0, 0.1) is 6.92 Å². The highest BCUT2D eigenvalue weighted by Crippen LogP contribution is 2.21. The molecule has 1 atom stereocenters. The van der Waals surface area contributed by atoms with Crippen LogP contribution in [0.25, 0.3) is 0 Å². The van der Waals surface area contributed by atoms with Gasteiger partial charge in [0.05, 0.1) is 11.5 Å². The van der Waals surface area contributed by atoms with Crippen molar-refractivity contribution in [3.63, 3.8) is 0 Å². The molecule has 4 nitrogen and oxygen atoms in total. The van der Waals surface area contributed by atoms with Crippen LogP contribution in [0.2, 0.25) is 0 Å². The Morgan fingerprint density at radius 2 is 1.71 bits per heavy atom. The minimum Gasteiger partial charge on any atom is -0.371 e. The van der Waals surface area contributed by atoms with Gasteiger partial charge < -0.3 is 10.2 Å². The fraction of sp³-hybridized carbons (Fsp3) is 0.625. The zero-order valence-corrected chi connectivity index (χ0v) is 13.4. The number of sulfone groups is 1. The van der Waals surface area contributed by atoms with Crippen LogP contribution in [0.15, 0.2) is 24.3 Å². The van der Waals surface area contributed by atoms with Gasteiger partial charge in [-0.2, -0.15) is 0 Å². The SMILES string of the molecule is Cc1ccc(N2CCC(NC3CCS(=O)(=O)C3)CC2)cc1. The Balaban J connectivity index is 1.50. The van der Waals surface area contributed by atoms with Gasteiger partial charge in [-0.25, -0.2) is 8.42 Å². The van der Waals surface area contributed by atoms with Crippen LogP contribution in [0.1, 0.15) is 24.8 Å². The summed E-state index contributed by atoms with van der Waals surface area (Å²) < 4.78 is 23.0. The van der Waals surface area contributed by atoms with Crippen LogP contribution in [-0.4, -0.2) is 45.1 Å². The highest BCUT2D eigenvalue weighted by atomic mass is 32.2. The molecule has 1 aromatic rings. The monoisotopic (exact) mass is 308 g/mol. The summed E-state index contributed by atoms with van der Waals surface area (Å²) in [6.07, 6.45) is 2.95. The number of hydrogen-bond donors (Lipinski definition) is 1. The molecule has 0 radical (unpaired) electrons. The molecule has 2 aliphatic heterocycles. The lowest BCUT2D eigenvalue weighted by Crippen LogP contribution is -2.46. The number of hydrogen-bond acceptors (Lipinski definition) is 4. The molecule has 0 aliphatic carbocycles. The van der Waals surface area contributed by atoms with Crippen LogP contribution in [0.5, 0.6) is 0 Å². The van der Waals surface area contributed by atoms with Gasteiger partial charge in [0, 0.05) is 30.9 Å². The van der Waals surface area contributed by atoms with Gasteiger partial charge in [0.25, 0.3) is 0 Å². The smallest absolute Gasteiger partial charge is 0.151 e. The van der Waals surface area contributed by atoms with E-state index in [2.05, 4.69) is 41.4 Å². The van der Waals surface area contributed by atoms with Gasteiger partial charge in [0.15, 0.2) is 9.84 Å². The van der Waals surface area contributed by atoms with Gasteiger partial charge in [0.2, 0.25) is 0 Å². The molecule has 2 saturated heterocycles. The Kier molecular flexibility index (Phi) is 4.22. The second-order valence-electron chi connectivity index (χ2n) is 6.36. The first kappa shape index (κ1) is 14.9. The Morgan fingerprint density at radius 1 is 1.05 bits per heavy atom. The Labute approximate surface area is 127 Å². The van der Waals surface area contributed by atoms with Gasteiger partial charge in [-0.3, -0.25) is 0 Å². The molecule has 0 aromatic heterocycles. The highest BCUT2D eigenvalue weighted by molar-refractivity contribution is 7.91. The fourth-order valence-corrected chi connectivity index (χ4v) is 5.01. The van der Waals surface area contributed by atoms with Crippen molar-refractivity contribution in [2.24, 2.45) is 0 Å². The van der Waals surface area contributed by atoms with Crippen molar-refractivity contribution in [1.82, 2.24) is 5.32 Å². The van der Waals surface area contributed by atoms with E-state index in [1.165, 1.54) is 11.3 Å². The van der Waals surface area contributed by atoms with Gasteiger partial charge >= 0.3 is 0 Å². The van der Waals surface area contributed by atoms with E-state index in [4.69, 9.17) is 0 Å². The Bertz CT molecular complexity index is 575. The second kappa shape index (κ2) is 5.97. The third-order valence-electron chi connectivity index (χ3n) is 4.60. The summed E-state index contributed by atoms with van der Waals surface area (Å²) in [5.74, 6) is 0.679. The molecule has 21 heavy (non-hydrogen) atoms. The molecule has 1 unspecified atom stereocenters. The first-order valence-corrected chi connectivity index (χ1v) is 9.62. The number of benzene rings is 1.